The number of Topliss-reactive ketones (excluding diaryl/α,β-unsaturated/α-hetero) is 1. The fraction of sp³-hybridized carbons (Fsp3) is 0.449. The number of ketones is 1. The number of carbonyl (C=O) groups excluding carboxylic acids is 1. The Kier molecular flexibility index (Phi) is 10.3. The second-order valence-electron chi connectivity index (χ2n) is 17.9. The Bertz CT molecular complexity index is 2560. The minimum absolute atomic E-state index is 0.117. The van der Waals surface area contributed by atoms with Crippen LogP contribution in [0.2, 0.25) is 0 Å². The van der Waals surface area contributed by atoms with Crippen LogP contribution in [0.25, 0.3) is 33.2 Å². The van der Waals surface area contributed by atoms with Crippen molar-refractivity contribution in [1.82, 2.24) is 19.6 Å². The first-order valence-corrected chi connectivity index (χ1v) is 21.6. The first-order valence-electron chi connectivity index (χ1n) is 21.6. The second-order valence-corrected chi connectivity index (χ2v) is 17.9. The van der Waals surface area contributed by atoms with Gasteiger partial charge in [-0.1, -0.05) is 13.8 Å². The molecule has 0 radical (unpaired) electrons. The normalized spacial score (nSPS) is 26.6. The first-order chi connectivity index (χ1) is 28.8. The average molecular weight is 823 g/mol. The molecule has 314 valence electrons. The molecular formula is C49H51F5N4O2. The lowest BCUT2D eigenvalue weighted by Gasteiger charge is -2.50. The predicted molar refractivity (Wildman–Crippen MR) is 223 cm³/mol. The summed E-state index contributed by atoms with van der Waals surface area (Å²) in [7, 11) is 0. The summed E-state index contributed by atoms with van der Waals surface area (Å²) in [5, 5.41) is 21.6. The molecule has 0 aliphatic heterocycles. The molecular weight excluding hydrogens is 772 g/mol. The minimum atomic E-state index is -4.61. The quantitative estimate of drug-likeness (QED) is 0.180. The maximum atomic E-state index is 13.6. The van der Waals surface area contributed by atoms with Crippen LogP contribution in [0.4, 0.5) is 22.0 Å². The van der Waals surface area contributed by atoms with Crippen molar-refractivity contribution in [2.75, 3.05) is 0 Å². The van der Waals surface area contributed by atoms with E-state index in [1.807, 2.05) is 17.8 Å². The molecule has 0 spiro atoms. The van der Waals surface area contributed by atoms with E-state index in [2.05, 4.69) is 41.4 Å². The molecule has 5 atom stereocenters. The van der Waals surface area contributed by atoms with Crippen molar-refractivity contribution in [2.24, 2.45) is 11.8 Å². The van der Waals surface area contributed by atoms with E-state index < -0.39 is 11.8 Å². The molecule has 11 heteroatoms. The molecule has 2 saturated carbocycles. The van der Waals surface area contributed by atoms with E-state index in [1.165, 1.54) is 35.4 Å². The number of carbonyl (C=O) groups is 1. The molecule has 0 unspecified atom stereocenters. The molecule has 2 aromatic heterocycles. The van der Waals surface area contributed by atoms with Crippen LogP contribution in [0, 0.1) is 23.5 Å². The molecule has 0 amide bonds. The van der Waals surface area contributed by atoms with Gasteiger partial charge in [-0.25, -0.2) is 18.1 Å². The van der Waals surface area contributed by atoms with Gasteiger partial charge in [0.2, 0.25) is 0 Å². The number of aliphatic hydroxyl groups is 1. The summed E-state index contributed by atoms with van der Waals surface area (Å²) >= 11 is 0. The predicted octanol–water partition coefficient (Wildman–Crippen LogP) is 11.8. The Morgan fingerprint density at radius 3 is 1.65 bits per heavy atom. The van der Waals surface area contributed by atoms with Gasteiger partial charge in [-0.15, -0.1) is 0 Å². The van der Waals surface area contributed by atoms with Gasteiger partial charge in [0.1, 0.15) is 17.4 Å². The first kappa shape index (κ1) is 40.5. The Labute approximate surface area is 346 Å². The molecule has 10 rings (SSSR count). The minimum Gasteiger partial charge on any atom is -0.380 e. The Morgan fingerprint density at radius 1 is 0.683 bits per heavy atom. The summed E-state index contributed by atoms with van der Waals surface area (Å²) in [4.78, 5) is 12.2. The standard InChI is InChI=1S/C25H26F4N2O.C24H25FN2O/c1-2-23-10-11-24(32,25(27,28)29)14-18(23)5-3-4-16-13-22-17(12-21(16)23)15-30-31(22)20-8-6-19(26)7-9-20;1-2-24-11-10-21(28)14-18(24)5-3-4-16-13-23-17(12-22(16)24)15-26-27(23)20-8-6-19(25)7-9-20/h6-9,12-13,15,18,32H,2-5,10-11,14H2,1H3;6-9,12-13,15,18H,2-5,10-11,14H2,1H3/t18-,23+,24-;18-,24+/m00/s1. The highest BCUT2D eigenvalue weighted by atomic mass is 19.4. The third-order valence-corrected chi connectivity index (χ3v) is 15.0. The summed E-state index contributed by atoms with van der Waals surface area (Å²) in [6.45, 7) is 4.33. The van der Waals surface area contributed by atoms with Crippen LogP contribution < -0.4 is 0 Å². The van der Waals surface area contributed by atoms with E-state index >= 15 is 0 Å². The van der Waals surface area contributed by atoms with E-state index in [0.29, 0.717) is 31.0 Å². The molecule has 4 aliphatic carbocycles. The lowest BCUT2D eigenvalue weighted by atomic mass is 9.56. The lowest BCUT2D eigenvalue weighted by molar-refractivity contribution is -0.279. The smallest absolute Gasteiger partial charge is 0.380 e. The zero-order valence-corrected chi connectivity index (χ0v) is 34.2. The zero-order valence-electron chi connectivity index (χ0n) is 34.2. The lowest BCUT2D eigenvalue weighted by Crippen LogP contribution is -2.54. The molecule has 6 aromatic rings. The molecule has 4 aromatic carbocycles. The van der Waals surface area contributed by atoms with Gasteiger partial charge in [-0.05, 0) is 195 Å². The van der Waals surface area contributed by atoms with Crippen molar-refractivity contribution in [1.29, 1.82) is 0 Å². The third-order valence-electron chi connectivity index (χ3n) is 15.0. The van der Waals surface area contributed by atoms with E-state index in [1.54, 1.807) is 35.1 Å². The van der Waals surface area contributed by atoms with E-state index in [0.717, 1.165) is 102 Å². The maximum Gasteiger partial charge on any atom is 0.417 e. The van der Waals surface area contributed by atoms with E-state index in [9.17, 15) is 31.9 Å². The van der Waals surface area contributed by atoms with Gasteiger partial charge >= 0.3 is 6.18 Å². The second kappa shape index (κ2) is 15.2. The van der Waals surface area contributed by atoms with Gasteiger partial charge in [0.15, 0.2) is 5.60 Å². The summed E-state index contributed by atoms with van der Waals surface area (Å²) in [5.74, 6) is 0.119. The van der Waals surface area contributed by atoms with Crippen molar-refractivity contribution in [3.05, 3.63) is 119 Å². The molecule has 0 saturated heterocycles. The van der Waals surface area contributed by atoms with Crippen LogP contribution in [-0.2, 0) is 28.5 Å². The van der Waals surface area contributed by atoms with Gasteiger partial charge in [-0.2, -0.15) is 23.4 Å². The number of aryl methyl sites for hydroxylation is 2. The van der Waals surface area contributed by atoms with Crippen LogP contribution in [0.1, 0.15) is 113 Å². The van der Waals surface area contributed by atoms with Crippen LogP contribution >= 0.6 is 0 Å². The van der Waals surface area contributed by atoms with E-state index in [-0.39, 0.29) is 41.2 Å². The van der Waals surface area contributed by atoms with E-state index in [4.69, 9.17) is 0 Å². The van der Waals surface area contributed by atoms with Crippen LogP contribution in [0.15, 0.2) is 85.2 Å². The fourth-order valence-electron chi connectivity index (χ4n) is 11.7. The number of nitrogens with zero attached hydrogens (tertiary/aromatic N) is 4. The van der Waals surface area contributed by atoms with Gasteiger partial charge in [0.25, 0.3) is 0 Å². The number of hydrogen-bond donors (Lipinski definition) is 1. The Balaban J connectivity index is 0.000000155. The monoisotopic (exact) mass is 822 g/mol. The summed E-state index contributed by atoms with van der Waals surface area (Å²) < 4.78 is 71.2. The summed E-state index contributed by atoms with van der Waals surface area (Å²) in [5.41, 5.74) is 5.83. The number of halogens is 5. The highest BCUT2D eigenvalue weighted by molar-refractivity contribution is 5.84. The maximum absolute atomic E-state index is 13.6. The van der Waals surface area contributed by atoms with Crippen molar-refractivity contribution >= 4 is 27.6 Å². The molecule has 0 bridgehead atoms. The average Bonchev–Trinajstić information content (AvgIpc) is 3.76. The van der Waals surface area contributed by atoms with Gasteiger partial charge in [0.05, 0.1) is 34.8 Å². The molecule has 2 heterocycles. The summed E-state index contributed by atoms with van der Waals surface area (Å²) in [6, 6.07) is 21.4. The Hall–Kier alpha value is -4.90. The number of rotatable bonds is 4. The number of fused-ring (bicyclic) bond motifs is 8. The van der Waals surface area contributed by atoms with Crippen molar-refractivity contribution < 1.29 is 31.9 Å². The number of benzene rings is 4. The van der Waals surface area contributed by atoms with Gasteiger partial charge < -0.3 is 5.11 Å². The van der Waals surface area contributed by atoms with Gasteiger partial charge in [0, 0.05) is 23.6 Å². The number of alkyl halides is 3. The van der Waals surface area contributed by atoms with Crippen LogP contribution in [0.5, 0.6) is 0 Å². The molecule has 2 fully saturated rings. The number of hydrogen-bond acceptors (Lipinski definition) is 4. The third kappa shape index (κ3) is 6.75. The molecule has 6 nitrogen and oxygen atoms in total. The summed E-state index contributed by atoms with van der Waals surface area (Å²) in [6.07, 6.45) is 8.63. The topological polar surface area (TPSA) is 72.9 Å². The Morgan fingerprint density at radius 2 is 1.17 bits per heavy atom. The van der Waals surface area contributed by atoms with Gasteiger partial charge in [-0.3, -0.25) is 4.79 Å². The highest BCUT2D eigenvalue weighted by Gasteiger charge is 2.60. The van der Waals surface area contributed by atoms with Crippen molar-refractivity contribution in [2.45, 2.75) is 126 Å². The number of aromatic nitrogens is 4. The highest BCUT2D eigenvalue weighted by Crippen LogP contribution is 2.57. The molecule has 60 heavy (non-hydrogen) atoms. The van der Waals surface area contributed by atoms with Crippen molar-refractivity contribution in [3.8, 4) is 11.4 Å². The zero-order chi connectivity index (χ0) is 42.0. The largest absolute Gasteiger partial charge is 0.417 e. The van der Waals surface area contributed by atoms with Crippen molar-refractivity contribution in [3.63, 3.8) is 0 Å². The van der Waals surface area contributed by atoms with Crippen LogP contribution in [0.3, 0.4) is 0 Å². The fourth-order valence-corrected chi connectivity index (χ4v) is 11.7. The SMILES string of the molecule is CC[C@@]12CCC(=O)C[C@@H]1CCCc1cc3c(cnn3-c3ccc(F)cc3)cc12.CC[C@@]12CC[C@@](O)(C(F)(F)F)C[C@@H]1CCCc1cc3c(cnn3-c3ccc(F)cc3)cc12. The molecule has 1 N–H and O–H groups in total. The molecule has 4 aliphatic rings. The van der Waals surface area contributed by atoms with Crippen LogP contribution in [-0.4, -0.2) is 42.2 Å².